The number of rotatable bonds is 9. The molecule has 1 amide bonds. The average molecular weight is 286 g/mol. The van der Waals surface area contributed by atoms with Gasteiger partial charge in [0.05, 0.1) is 12.6 Å². The third-order valence-corrected chi connectivity index (χ3v) is 2.97. The van der Waals surface area contributed by atoms with E-state index >= 15 is 0 Å². The number of amides is 1. The summed E-state index contributed by atoms with van der Waals surface area (Å²) in [4.78, 5) is 24.3. The standard InChI is InChI=1S/C15H30N2O3/c1-9(2)7-12(14(19)10(3)4)17-15(20)13(8-18)16-11(5)6/h9-13,16,18H,7-8H2,1-6H3,(H,17,20)/t12-,13-/m0/s1. The van der Waals surface area contributed by atoms with Crippen LogP contribution in [0.4, 0.5) is 0 Å². The number of ketones is 1. The summed E-state index contributed by atoms with van der Waals surface area (Å²) in [6, 6.07) is -1.07. The molecular weight excluding hydrogens is 256 g/mol. The van der Waals surface area contributed by atoms with Crippen molar-refractivity contribution in [1.82, 2.24) is 10.6 Å². The van der Waals surface area contributed by atoms with Crippen molar-refractivity contribution >= 4 is 11.7 Å². The van der Waals surface area contributed by atoms with Crippen molar-refractivity contribution in [3.8, 4) is 0 Å². The third kappa shape index (κ3) is 7.01. The van der Waals surface area contributed by atoms with E-state index < -0.39 is 12.1 Å². The molecule has 0 aliphatic carbocycles. The Labute approximate surface area is 122 Å². The molecule has 5 nitrogen and oxygen atoms in total. The Kier molecular flexibility index (Phi) is 8.65. The van der Waals surface area contributed by atoms with Crippen LogP contribution in [0, 0.1) is 11.8 Å². The minimum atomic E-state index is -0.676. The normalized spacial score (nSPS) is 14.7. The van der Waals surface area contributed by atoms with Gasteiger partial charge in [-0.15, -0.1) is 0 Å². The number of hydrogen-bond acceptors (Lipinski definition) is 4. The minimum Gasteiger partial charge on any atom is -0.394 e. The summed E-state index contributed by atoms with van der Waals surface area (Å²) in [5, 5.41) is 15.0. The molecule has 0 unspecified atom stereocenters. The Morgan fingerprint density at radius 3 is 1.90 bits per heavy atom. The smallest absolute Gasteiger partial charge is 0.240 e. The molecule has 0 bridgehead atoms. The number of carbonyl (C=O) groups is 2. The van der Waals surface area contributed by atoms with Gasteiger partial charge in [0.25, 0.3) is 0 Å². The molecule has 0 aromatic heterocycles. The zero-order valence-corrected chi connectivity index (χ0v) is 13.6. The summed E-state index contributed by atoms with van der Waals surface area (Å²) in [6.45, 7) is 11.2. The van der Waals surface area contributed by atoms with Crippen molar-refractivity contribution in [3.63, 3.8) is 0 Å². The van der Waals surface area contributed by atoms with Crippen LogP contribution < -0.4 is 10.6 Å². The van der Waals surface area contributed by atoms with E-state index in [4.69, 9.17) is 0 Å². The fourth-order valence-corrected chi connectivity index (χ4v) is 2.01. The van der Waals surface area contributed by atoms with Crippen molar-refractivity contribution in [3.05, 3.63) is 0 Å². The Morgan fingerprint density at radius 1 is 1.00 bits per heavy atom. The summed E-state index contributed by atoms with van der Waals surface area (Å²) in [5.74, 6) is -0.0903. The monoisotopic (exact) mass is 286 g/mol. The number of hydrogen-bond donors (Lipinski definition) is 3. The first-order chi connectivity index (χ1) is 9.18. The zero-order chi connectivity index (χ0) is 15.9. The maximum atomic E-state index is 12.1. The first-order valence-electron chi connectivity index (χ1n) is 7.40. The lowest BCUT2D eigenvalue weighted by Gasteiger charge is -2.25. The molecule has 0 heterocycles. The van der Waals surface area contributed by atoms with Crippen LogP contribution in [0.2, 0.25) is 0 Å². The van der Waals surface area contributed by atoms with E-state index in [1.54, 1.807) is 0 Å². The van der Waals surface area contributed by atoms with Gasteiger partial charge in [0.1, 0.15) is 6.04 Å². The molecule has 0 aromatic rings. The van der Waals surface area contributed by atoms with Gasteiger partial charge in [0.2, 0.25) is 5.91 Å². The first-order valence-corrected chi connectivity index (χ1v) is 7.40. The van der Waals surface area contributed by atoms with E-state index in [9.17, 15) is 14.7 Å². The quantitative estimate of drug-likeness (QED) is 0.593. The van der Waals surface area contributed by atoms with Gasteiger partial charge in [-0.1, -0.05) is 41.5 Å². The highest BCUT2D eigenvalue weighted by Gasteiger charge is 2.27. The van der Waals surface area contributed by atoms with Crippen LogP contribution >= 0.6 is 0 Å². The van der Waals surface area contributed by atoms with Crippen LogP contribution in [-0.4, -0.2) is 41.5 Å². The molecular formula is C15H30N2O3. The van der Waals surface area contributed by atoms with Crippen molar-refractivity contribution < 1.29 is 14.7 Å². The van der Waals surface area contributed by atoms with Crippen molar-refractivity contribution in [2.24, 2.45) is 11.8 Å². The van der Waals surface area contributed by atoms with Crippen LogP contribution in [0.25, 0.3) is 0 Å². The van der Waals surface area contributed by atoms with Crippen molar-refractivity contribution in [2.45, 2.75) is 66.1 Å². The Morgan fingerprint density at radius 2 is 1.55 bits per heavy atom. The minimum absolute atomic E-state index is 0.0355. The molecule has 3 N–H and O–H groups in total. The SMILES string of the molecule is CC(C)C[C@H](NC(=O)[C@H](CO)NC(C)C)C(=O)C(C)C. The van der Waals surface area contributed by atoms with Gasteiger partial charge in [0, 0.05) is 12.0 Å². The summed E-state index contributed by atoms with van der Waals surface area (Å²) >= 11 is 0. The van der Waals surface area contributed by atoms with Crippen LogP contribution in [0.1, 0.15) is 48.0 Å². The lowest BCUT2D eigenvalue weighted by molar-refractivity contribution is -0.131. The lowest BCUT2D eigenvalue weighted by Crippen LogP contribution is -2.54. The fraction of sp³-hybridized carbons (Fsp3) is 0.867. The molecule has 0 spiro atoms. The second-order valence-corrected chi connectivity index (χ2v) is 6.30. The van der Waals surface area contributed by atoms with Crippen LogP contribution in [0.5, 0.6) is 0 Å². The molecule has 5 heteroatoms. The van der Waals surface area contributed by atoms with E-state index in [0.717, 1.165) is 0 Å². The second-order valence-electron chi connectivity index (χ2n) is 6.30. The second kappa shape index (κ2) is 9.08. The number of aliphatic hydroxyl groups is 1. The maximum Gasteiger partial charge on any atom is 0.240 e. The molecule has 2 atom stereocenters. The van der Waals surface area contributed by atoms with Gasteiger partial charge in [-0.25, -0.2) is 0 Å². The Bertz CT molecular complexity index is 314. The van der Waals surface area contributed by atoms with E-state index in [1.165, 1.54) is 0 Å². The van der Waals surface area contributed by atoms with E-state index in [-0.39, 0.29) is 30.3 Å². The summed E-state index contributed by atoms with van der Waals surface area (Å²) in [6.07, 6.45) is 0.614. The highest BCUT2D eigenvalue weighted by Crippen LogP contribution is 2.10. The van der Waals surface area contributed by atoms with E-state index in [2.05, 4.69) is 10.6 Å². The molecule has 0 radical (unpaired) electrons. The predicted molar refractivity (Wildman–Crippen MR) is 80.4 cm³/mol. The number of aliphatic hydroxyl groups excluding tert-OH is 1. The number of Topliss-reactive ketones (excluding diaryl/α,β-unsaturated/α-hetero) is 1. The summed E-state index contributed by atoms with van der Waals surface area (Å²) in [5.41, 5.74) is 0. The molecule has 0 aliphatic rings. The molecule has 0 fully saturated rings. The fourth-order valence-electron chi connectivity index (χ4n) is 2.01. The van der Waals surface area contributed by atoms with Crippen molar-refractivity contribution in [1.29, 1.82) is 0 Å². The van der Waals surface area contributed by atoms with Gasteiger partial charge in [-0.3, -0.25) is 9.59 Å². The largest absolute Gasteiger partial charge is 0.394 e. The zero-order valence-electron chi connectivity index (χ0n) is 13.6. The van der Waals surface area contributed by atoms with Gasteiger partial charge in [-0.05, 0) is 12.3 Å². The summed E-state index contributed by atoms with van der Waals surface area (Å²) in [7, 11) is 0. The summed E-state index contributed by atoms with van der Waals surface area (Å²) < 4.78 is 0. The molecule has 118 valence electrons. The topological polar surface area (TPSA) is 78.4 Å². The Hall–Kier alpha value is -0.940. The molecule has 0 saturated carbocycles. The van der Waals surface area contributed by atoms with Gasteiger partial charge < -0.3 is 15.7 Å². The van der Waals surface area contributed by atoms with Crippen LogP contribution in [0.3, 0.4) is 0 Å². The van der Waals surface area contributed by atoms with E-state index in [1.807, 2.05) is 41.5 Å². The van der Waals surface area contributed by atoms with Gasteiger partial charge in [0.15, 0.2) is 5.78 Å². The van der Waals surface area contributed by atoms with Gasteiger partial charge in [-0.2, -0.15) is 0 Å². The average Bonchev–Trinajstić information content (AvgIpc) is 2.32. The highest BCUT2D eigenvalue weighted by atomic mass is 16.3. The third-order valence-electron chi connectivity index (χ3n) is 2.97. The number of carbonyl (C=O) groups excluding carboxylic acids is 2. The highest BCUT2D eigenvalue weighted by molar-refractivity contribution is 5.91. The van der Waals surface area contributed by atoms with Gasteiger partial charge >= 0.3 is 0 Å². The lowest BCUT2D eigenvalue weighted by atomic mass is 9.94. The molecule has 0 rings (SSSR count). The molecule has 0 saturated heterocycles. The Balaban J connectivity index is 4.78. The number of nitrogens with one attached hydrogen (secondary N) is 2. The molecule has 20 heavy (non-hydrogen) atoms. The van der Waals surface area contributed by atoms with Crippen molar-refractivity contribution in [2.75, 3.05) is 6.61 Å². The molecule has 0 aromatic carbocycles. The van der Waals surface area contributed by atoms with Crippen LogP contribution in [-0.2, 0) is 9.59 Å². The molecule has 0 aliphatic heterocycles. The van der Waals surface area contributed by atoms with Crippen LogP contribution in [0.15, 0.2) is 0 Å². The first kappa shape index (κ1) is 19.1. The van der Waals surface area contributed by atoms with E-state index in [0.29, 0.717) is 12.3 Å². The predicted octanol–water partition coefficient (Wildman–Crippen LogP) is 1.10. The maximum absolute atomic E-state index is 12.1.